The van der Waals surface area contributed by atoms with E-state index in [0.717, 1.165) is 37.5 Å². The van der Waals surface area contributed by atoms with Crippen molar-refractivity contribution in [3.05, 3.63) is 22.5 Å². The van der Waals surface area contributed by atoms with Gasteiger partial charge in [-0.2, -0.15) is 0 Å². The molecule has 0 saturated carbocycles. The summed E-state index contributed by atoms with van der Waals surface area (Å²) in [6.45, 7) is 10.2. The molecule has 0 radical (unpaired) electrons. The van der Waals surface area contributed by atoms with E-state index in [4.69, 9.17) is 10.5 Å². The van der Waals surface area contributed by atoms with Gasteiger partial charge in [0.1, 0.15) is 5.60 Å². The summed E-state index contributed by atoms with van der Waals surface area (Å²) in [7, 11) is 0. The van der Waals surface area contributed by atoms with Crippen molar-refractivity contribution in [1.29, 1.82) is 0 Å². The fourth-order valence-corrected chi connectivity index (χ4v) is 3.02. The maximum absolute atomic E-state index is 6.08. The summed E-state index contributed by atoms with van der Waals surface area (Å²) in [5.74, 6) is 0.979. The van der Waals surface area contributed by atoms with Crippen LogP contribution in [0.3, 0.4) is 0 Å². The highest BCUT2D eigenvalue weighted by atomic mass is 32.1. The SMILES string of the molecule is CCC=C(OC(C)(C)C)N1CCc2nc(N)sc2C1. The molecule has 1 aromatic rings. The molecule has 19 heavy (non-hydrogen) atoms. The van der Waals surface area contributed by atoms with Gasteiger partial charge < -0.3 is 15.4 Å². The Morgan fingerprint density at radius 1 is 1.53 bits per heavy atom. The van der Waals surface area contributed by atoms with E-state index in [0.29, 0.717) is 5.13 Å². The van der Waals surface area contributed by atoms with Crippen molar-refractivity contribution in [2.45, 2.75) is 52.7 Å². The van der Waals surface area contributed by atoms with Gasteiger partial charge in [0.05, 0.1) is 12.2 Å². The first-order chi connectivity index (χ1) is 8.89. The summed E-state index contributed by atoms with van der Waals surface area (Å²) in [5, 5.41) is 0.671. The number of hydrogen-bond donors (Lipinski definition) is 1. The molecule has 1 aromatic heterocycles. The number of rotatable bonds is 3. The molecule has 2 rings (SSSR count). The number of thiazole rings is 1. The molecule has 0 atom stereocenters. The normalized spacial score (nSPS) is 16.4. The van der Waals surface area contributed by atoms with Crippen molar-refractivity contribution in [2.75, 3.05) is 12.3 Å². The third kappa shape index (κ3) is 3.62. The van der Waals surface area contributed by atoms with E-state index in [1.54, 1.807) is 11.3 Å². The Bertz CT molecular complexity index is 474. The molecular formula is C14H23N3OS. The van der Waals surface area contributed by atoms with E-state index in [-0.39, 0.29) is 5.60 Å². The lowest BCUT2D eigenvalue weighted by atomic mass is 10.1. The number of fused-ring (bicyclic) bond motifs is 1. The minimum atomic E-state index is -0.173. The van der Waals surface area contributed by atoms with E-state index in [9.17, 15) is 0 Å². The first kappa shape index (κ1) is 14.2. The van der Waals surface area contributed by atoms with Crippen molar-refractivity contribution in [2.24, 2.45) is 0 Å². The van der Waals surface area contributed by atoms with Crippen molar-refractivity contribution < 1.29 is 4.74 Å². The first-order valence-corrected chi connectivity index (χ1v) is 7.59. The summed E-state index contributed by atoms with van der Waals surface area (Å²) >= 11 is 1.59. The van der Waals surface area contributed by atoms with Gasteiger partial charge in [-0.3, -0.25) is 0 Å². The Hall–Kier alpha value is -1.23. The summed E-state index contributed by atoms with van der Waals surface area (Å²) in [5.41, 5.74) is 6.77. The number of ether oxygens (including phenoxy) is 1. The highest BCUT2D eigenvalue weighted by molar-refractivity contribution is 7.15. The van der Waals surface area contributed by atoms with Gasteiger partial charge in [0.25, 0.3) is 0 Å². The van der Waals surface area contributed by atoms with E-state index in [1.165, 1.54) is 4.88 Å². The van der Waals surface area contributed by atoms with Crippen LogP contribution in [0, 0.1) is 0 Å². The molecule has 2 heterocycles. The maximum atomic E-state index is 6.08. The number of anilines is 1. The molecule has 1 aliphatic heterocycles. The number of nitrogens with two attached hydrogens (primary N) is 1. The van der Waals surface area contributed by atoms with Gasteiger partial charge in [-0.1, -0.05) is 6.92 Å². The Labute approximate surface area is 119 Å². The third-order valence-electron chi connectivity index (χ3n) is 2.85. The number of nitrogen functional groups attached to an aromatic ring is 1. The quantitative estimate of drug-likeness (QED) is 0.865. The van der Waals surface area contributed by atoms with Crippen LogP contribution < -0.4 is 5.73 Å². The van der Waals surface area contributed by atoms with Gasteiger partial charge in [-0.05, 0) is 33.3 Å². The lowest BCUT2D eigenvalue weighted by Gasteiger charge is -2.34. The van der Waals surface area contributed by atoms with Crippen LogP contribution in [-0.2, 0) is 17.7 Å². The number of hydrogen-bond acceptors (Lipinski definition) is 5. The van der Waals surface area contributed by atoms with Gasteiger partial charge in [-0.15, -0.1) is 11.3 Å². The third-order valence-corrected chi connectivity index (χ3v) is 3.76. The van der Waals surface area contributed by atoms with Crippen molar-refractivity contribution in [3.63, 3.8) is 0 Å². The molecule has 4 nitrogen and oxygen atoms in total. The van der Waals surface area contributed by atoms with Gasteiger partial charge in [0, 0.05) is 17.8 Å². The molecule has 2 N–H and O–H groups in total. The fourth-order valence-electron chi connectivity index (χ4n) is 2.13. The van der Waals surface area contributed by atoms with Crippen molar-refractivity contribution in [3.8, 4) is 0 Å². The predicted octanol–water partition coefficient (Wildman–Crippen LogP) is 3.15. The highest BCUT2D eigenvalue weighted by Gasteiger charge is 2.24. The molecule has 1 aliphatic rings. The van der Waals surface area contributed by atoms with Crippen LogP contribution in [-0.4, -0.2) is 22.0 Å². The second kappa shape index (κ2) is 5.41. The maximum Gasteiger partial charge on any atom is 0.186 e. The minimum absolute atomic E-state index is 0.173. The van der Waals surface area contributed by atoms with Gasteiger partial charge in [-0.25, -0.2) is 4.98 Å². The predicted molar refractivity (Wildman–Crippen MR) is 79.9 cm³/mol. The lowest BCUT2D eigenvalue weighted by Crippen LogP contribution is -2.34. The zero-order valence-corrected chi connectivity index (χ0v) is 13.0. The zero-order chi connectivity index (χ0) is 14.0. The van der Waals surface area contributed by atoms with Crippen LogP contribution in [0.4, 0.5) is 5.13 Å². The Kier molecular flexibility index (Phi) is 4.04. The second-order valence-electron chi connectivity index (χ2n) is 5.76. The van der Waals surface area contributed by atoms with E-state index in [1.807, 2.05) is 0 Å². The molecule has 0 aliphatic carbocycles. The summed E-state index contributed by atoms with van der Waals surface area (Å²) < 4.78 is 6.08. The Balaban J connectivity index is 2.15. The van der Waals surface area contributed by atoms with Gasteiger partial charge in [0.15, 0.2) is 11.0 Å². The van der Waals surface area contributed by atoms with Crippen molar-refractivity contribution in [1.82, 2.24) is 9.88 Å². The van der Waals surface area contributed by atoms with E-state index >= 15 is 0 Å². The van der Waals surface area contributed by atoms with Crippen LogP contribution in [0.1, 0.15) is 44.7 Å². The molecule has 0 amide bonds. The largest absolute Gasteiger partial charge is 0.474 e. The van der Waals surface area contributed by atoms with E-state index < -0.39 is 0 Å². The standard InChI is InChI=1S/C14H23N3OS/c1-5-6-12(18-14(2,3)4)17-8-7-10-11(9-17)19-13(15)16-10/h6H,5,7-9H2,1-4H3,(H2,15,16). The smallest absolute Gasteiger partial charge is 0.186 e. The van der Waals surface area contributed by atoms with Crippen LogP contribution in [0.15, 0.2) is 12.0 Å². The summed E-state index contributed by atoms with van der Waals surface area (Å²) in [6, 6.07) is 0. The molecule has 0 spiro atoms. The van der Waals surface area contributed by atoms with Crippen molar-refractivity contribution >= 4 is 16.5 Å². The highest BCUT2D eigenvalue weighted by Crippen LogP contribution is 2.29. The fraction of sp³-hybridized carbons (Fsp3) is 0.643. The molecule has 0 fully saturated rings. The van der Waals surface area contributed by atoms with Crippen LogP contribution in [0.2, 0.25) is 0 Å². The first-order valence-electron chi connectivity index (χ1n) is 6.77. The molecule has 5 heteroatoms. The number of aromatic nitrogens is 1. The van der Waals surface area contributed by atoms with Gasteiger partial charge in [0.2, 0.25) is 0 Å². The summed E-state index contributed by atoms with van der Waals surface area (Å²) in [6.07, 6.45) is 4.07. The molecular weight excluding hydrogens is 258 g/mol. The summed E-state index contributed by atoms with van der Waals surface area (Å²) in [4.78, 5) is 7.93. The topological polar surface area (TPSA) is 51.4 Å². The number of nitrogens with zero attached hydrogens (tertiary/aromatic N) is 2. The molecule has 0 bridgehead atoms. The van der Waals surface area contributed by atoms with Crippen LogP contribution in [0.25, 0.3) is 0 Å². The average molecular weight is 281 g/mol. The monoisotopic (exact) mass is 281 g/mol. The van der Waals surface area contributed by atoms with E-state index in [2.05, 4.69) is 43.7 Å². The zero-order valence-electron chi connectivity index (χ0n) is 12.2. The Morgan fingerprint density at radius 3 is 2.89 bits per heavy atom. The average Bonchev–Trinajstić information content (AvgIpc) is 2.65. The van der Waals surface area contributed by atoms with Crippen LogP contribution in [0.5, 0.6) is 0 Å². The lowest BCUT2D eigenvalue weighted by molar-refractivity contribution is -0.00243. The minimum Gasteiger partial charge on any atom is -0.474 e. The molecule has 106 valence electrons. The number of allylic oxidation sites excluding steroid dienone is 1. The molecule has 0 saturated heterocycles. The Morgan fingerprint density at radius 2 is 2.26 bits per heavy atom. The van der Waals surface area contributed by atoms with Gasteiger partial charge >= 0.3 is 0 Å². The van der Waals surface area contributed by atoms with Crippen LogP contribution >= 0.6 is 11.3 Å². The molecule has 0 aromatic carbocycles. The second-order valence-corrected chi connectivity index (χ2v) is 6.87. The molecule has 0 unspecified atom stereocenters.